The predicted octanol–water partition coefficient (Wildman–Crippen LogP) is 27.7. The second kappa shape index (κ2) is 81.7. The molecule has 0 fully saturated rings. The van der Waals surface area contributed by atoms with Gasteiger partial charge in [-0.15, -0.1) is 0 Å². The molecule has 0 aromatic carbocycles. The molecular formula is C91H174O17P2. The molecule has 110 heavy (non-hydrogen) atoms. The van der Waals surface area contributed by atoms with Crippen LogP contribution in [0.5, 0.6) is 0 Å². The van der Waals surface area contributed by atoms with Gasteiger partial charge < -0.3 is 33.8 Å². The number of rotatable bonds is 88. The predicted molar refractivity (Wildman–Crippen MR) is 455 cm³/mol. The van der Waals surface area contributed by atoms with Crippen molar-refractivity contribution in [2.45, 2.75) is 484 Å². The normalized spacial score (nSPS) is 14.4. The van der Waals surface area contributed by atoms with Crippen molar-refractivity contribution < 1.29 is 80.2 Å². The van der Waals surface area contributed by atoms with Crippen LogP contribution in [0.15, 0.2) is 24.3 Å². The van der Waals surface area contributed by atoms with Crippen LogP contribution in [0, 0.1) is 11.8 Å². The molecule has 0 saturated carbocycles. The number of esters is 4. The molecule has 7 atom stereocenters. The van der Waals surface area contributed by atoms with Crippen molar-refractivity contribution in [3.05, 3.63) is 24.3 Å². The van der Waals surface area contributed by atoms with E-state index >= 15 is 0 Å². The van der Waals surface area contributed by atoms with Gasteiger partial charge in [0.15, 0.2) is 12.2 Å². The molecule has 0 radical (unpaired) electrons. The summed E-state index contributed by atoms with van der Waals surface area (Å²) in [6, 6.07) is 0. The number of carbonyl (C=O) groups is 4. The van der Waals surface area contributed by atoms with E-state index in [9.17, 15) is 43.2 Å². The average Bonchev–Trinajstić information content (AvgIpc) is 0.898. The van der Waals surface area contributed by atoms with Gasteiger partial charge in [-0.2, -0.15) is 0 Å². The highest BCUT2D eigenvalue weighted by molar-refractivity contribution is 7.47. The minimum Gasteiger partial charge on any atom is -0.462 e. The number of aliphatic hydroxyl groups is 1. The summed E-state index contributed by atoms with van der Waals surface area (Å²) in [6.07, 6.45) is 78.5. The van der Waals surface area contributed by atoms with Gasteiger partial charge in [0.25, 0.3) is 0 Å². The highest BCUT2D eigenvalue weighted by Crippen LogP contribution is 2.45. The fraction of sp³-hybridized carbons (Fsp3) is 0.912. The van der Waals surface area contributed by atoms with Crippen molar-refractivity contribution in [3.8, 4) is 0 Å². The van der Waals surface area contributed by atoms with Crippen LogP contribution >= 0.6 is 15.6 Å². The Morgan fingerprint density at radius 1 is 0.291 bits per heavy atom. The largest absolute Gasteiger partial charge is 0.472 e. The minimum absolute atomic E-state index is 0.0856. The summed E-state index contributed by atoms with van der Waals surface area (Å²) in [5.41, 5.74) is 0. The highest BCUT2D eigenvalue weighted by atomic mass is 31.2. The molecule has 650 valence electrons. The third kappa shape index (κ3) is 80.7. The monoisotopic (exact) mass is 1600 g/mol. The number of aliphatic hydroxyl groups excluding tert-OH is 1. The second-order valence-corrected chi connectivity index (χ2v) is 35.4. The van der Waals surface area contributed by atoms with Gasteiger partial charge in [-0.3, -0.25) is 37.3 Å². The lowest BCUT2D eigenvalue weighted by atomic mass is 9.99. The van der Waals surface area contributed by atoms with Gasteiger partial charge in [-0.25, -0.2) is 9.13 Å². The Labute approximate surface area is 675 Å². The van der Waals surface area contributed by atoms with Crippen molar-refractivity contribution >= 4 is 39.5 Å². The molecule has 0 aliphatic rings. The van der Waals surface area contributed by atoms with Gasteiger partial charge in [0.1, 0.15) is 19.3 Å². The fourth-order valence-electron chi connectivity index (χ4n) is 13.7. The molecule has 0 heterocycles. The maximum Gasteiger partial charge on any atom is 0.472 e. The number of hydrogen-bond donors (Lipinski definition) is 3. The van der Waals surface area contributed by atoms with Crippen molar-refractivity contribution in [2.75, 3.05) is 39.6 Å². The lowest BCUT2D eigenvalue weighted by Crippen LogP contribution is -2.30. The molecule has 0 saturated heterocycles. The van der Waals surface area contributed by atoms with Crippen molar-refractivity contribution in [3.63, 3.8) is 0 Å². The number of phosphoric ester groups is 2. The van der Waals surface area contributed by atoms with Crippen molar-refractivity contribution in [1.29, 1.82) is 0 Å². The minimum atomic E-state index is -4.97. The lowest BCUT2D eigenvalue weighted by Gasteiger charge is -2.21. The molecule has 17 nitrogen and oxygen atoms in total. The topological polar surface area (TPSA) is 237 Å². The Balaban J connectivity index is 5.25. The number of allylic oxidation sites excluding steroid dienone is 4. The van der Waals surface area contributed by atoms with Gasteiger partial charge in [0.05, 0.1) is 26.4 Å². The average molecular weight is 1600 g/mol. The Morgan fingerprint density at radius 3 is 0.773 bits per heavy atom. The van der Waals surface area contributed by atoms with E-state index < -0.39 is 97.5 Å². The molecule has 0 rings (SSSR count). The Hall–Kier alpha value is -2.46. The Bertz CT molecular complexity index is 2200. The van der Waals surface area contributed by atoms with E-state index in [1.165, 1.54) is 270 Å². The number of carbonyl (C=O) groups excluding carboxylic acids is 4. The highest BCUT2D eigenvalue weighted by Gasteiger charge is 2.31. The number of phosphoric acid groups is 2. The van der Waals surface area contributed by atoms with Gasteiger partial charge in [0, 0.05) is 25.7 Å². The van der Waals surface area contributed by atoms with Crippen LogP contribution in [0.4, 0.5) is 0 Å². The van der Waals surface area contributed by atoms with E-state index in [0.29, 0.717) is 25.7 Å². The van der Waals surface area contributed by atoms with E-state index in [1.807, 2.05) is 0 Å². The first-order valence-electron chi connectivity index (χ1n) is 46.4. The van der Waals surface area contributed by atoms with Crippen molar-refractivity contribution in [2.24, 2.45) is 11.8 Å². The van der Waals surface area contributed by atoms with Gasteiger partial charge in [-0.1, -0.05) is 413 Å². The van der Waals surface area contributed by atoms with Crippen LogP contribution in [-0.2, 0) is 65.4 Å². The Kier molecular flexibility index (Phi) is 79.8. The zero-order valence-corrected chi connectivity index (χ0v) is 73.8. The third-order valence-electron chi connectivity index (χ3n) is 21.6. The van der Waals surface area contributed by atoms with Crippen LogP contribution in [0.3, 0.4) is 0 Å². The summed E-state index contributed by atoms with van der Waals surface area (Å²) in [4.78, 5) is 73.3. The maximum absolute atomic E-state index is 13.2. The van der Waals surface area contributed by atoms with Crippen LogP contribution < -0.4 is 0 Å². The molecule has 3 N–H and O–H groups in total. The Morgan fingerprint density at radius 2 is 0.509 bits per heavy atom. The smallest absolute Gasteiger partial charge is 0.462 e. The molecule has 0 bridgehead atoms. The van der Waals surface area contributed by atoms with Crippen LogP contribution in [0.25, 0.3) is 0 Å². The van der Waals surface area contributed by atoms with Gasteiger partial charge in [-0.05, 0) is 63.2 Å². The first-order valence-corrected chi connectivity index (χ1v) is 49.4. The van der Waals surface area contributed by atoms with Crippen LogP contribution in [0.1, 0.15) is 465 Å². The molecule has 0 aliphatic heterocycles. The van der Waals surface area contributed by atoms with Crippen LogP contribution in [0.2, 0.25) is 0 Å². The molecule has 4 unspecified atom stereocenters. The SMILES string of the molecule is CCCCCC/C=C\C=C/CCCCCCCC(=O)O[C@H](COC(=O)CCCCCCCCCCCCC)COP(=O)(O)OC[C@H](O)COP(=O)(O)OC[C@@H](COC(=O)CCCCCCCCCCCCCCCCCCCCC(C)CC)OC(=O)CCCCCCCCCCCCCCCCCCCCC(C)CC. The van der Waals surface area contributed by atoms with E-state index in [2.05, 4.69) is 65.8 Å². The summed E-state index contributed by atoms with van der Waals surface area (Å²) in [7, 11) is -9.95. The molecule has 19 heteroatoms. The standard InChI is InChI=1S/C91H174O17P2/c1-7-11-13-15-17-19-21-22-31-39-45-51-57-63-69-75-90(95)107-86(79-101-88(93)73-67-61-55-49-41-20-18-16-14-12-8-2)81-105-109(97,98)103-77-85(92)78-104-110(99,100)106-82-87(108-91(96)76-70-64-58-52-46-40-35-30-26-24-28-33-37-43-48-54-60-66-72-84(6)10-4)80-102-89(94)74-68-62-56-50-44-38-34-29-25-23-27-32-36-42-47-53-59-65-71-83(5)9-3/h19,21-22,31,83-87,92H,7-18,20,23-30,32-82H2,1-6H3,(H,97,98)(H,99,100)/b21-19-,31-22-/t83?,84?,85-,86+,87+/m0/s1. The van der Waals surface area contributed by atoms with E-state index in [0.717, 1.165) is 115 Å². The molecule has 0 aliphatic carbocycles. The summed E-state index contributed by atoms with van der Waals surface area (Å²) in [5.74, 6) is -0.384. The molecule has 0 aromatic rings. The summed E-state index contributed by atoms with van der Waals surface area (Å²) < 4.78 is 69.0. The third-order valence-corrected chi connectivity index (χ3v) is 23.5. The maximum atomic E-state index is 13.2. The number of hydrogen-bond acceptors (Lipinski definition) is 15. The quantitative estimate of drug-likeness (QED) is 0.0169. The van der Waals surface area contributed by atoms with E-state index in [1.54, 1.807) is 0 Å². The zero-order valence-electron chi connectivity index (χ0n) is 72.1. The zero-order chi connectivity index (χ0) is 80.6. The van der Waals surface area contributed by atoms with Crippen LogP contribution in [-0.4, -0.2) is 96.7 Å². The molecule has 0 amide bonds. The molecule has 0 aromatic heterocycles. The van der Waals surface area contributed by atoms with E-state index in [-0.39, 0.29) is 25.7 Å². The molecular weight excluding hydrogens is 1430 g/mol. The van der Waals surface area contributed by atoms with Gasteiger partial charge in [0.2, 0.25) is 0 Å². The number of ether oxygens (including phenoxy) is 4. The summed E-state index contributed by atoms with van der Waals surface area (Å²) in [5, 5.41) is 10.7. The van der Waals surface area contributed by atoms with Crippen molar-refractivity contribution in [1.82, 2.24) is 0 Å². The molecule has 0 spiro atoms. The first kappa shape index (κ1) is 108. The number of unbranched alkanes of at least 4 members (excludes halogenated alkanes) is 53. The fourth-order valence-corrected chi connectivity index (χ4v) is 15.3. The summed E-state index contributed by atoms with van der Waals surface area (Å²) >= 11 is 0. The van der Waals surface area contributed by atoms with Gasteiger partial charge >= 0.3 is 39.5 Å². The summed E-state index contributed by atoms with van der Waals surface area (Å²) in [6.45, 7) is 9.76. The second-order valence-electron chi connectivity index (χ2n) is 32.5. The van der Waals surface area contributed by atoms with E-state index in [4.69, 9.17) is 37.0 Å². The first-order chi connectivity index (χ1) is 53.4. The lowest BCUT2D eigenvalue weighted by molar-refractivity contribution is -0.161.